The topological polar surface area (TPSA) is 42.1 Å². The van der Waals surface area contributed by atoms with Gasteiger partial charge in [-0.2, -0.15) is 0 Å². The molecular formula is C13H23N3. The van der Waals surface area contributed by atoms with Crippen LogP contribution in [0.4, 0.5) is 5.82 Å². The van der Waals surface area contributed by atoms with E-state index in [9.17, 15) is 0 Å². The monoisotopic (exact) mass is 221 g/mol. The van der Waals surface area contributed by atoms with Crippen LogP contribution in [0.15, 0.2) is 18.3 Å². The normalized spacial score (nSPS) is 12.5. The Balaban J connectivity index is 2.65. The minimum absolute atomic E-state index is 0.540. The van der Waals surface area contributed by atoms with Crippen LogP contribution in [0.1, 0.15) is 32.3 Å². The van der Waals surface area contributed by atoms with E-state index in [1.165, 1.54) is 18.4 Å². The predicted molar refractivity (Wildman–Crippen MR) is 69.8 cm³/mol. The summed E-state index contributed by atoms with van der Waals surface area (Å²) in [4.78, 5) is 6.70. The van der Waals surface area contributed by atoms with Crippen LogP contribution in [0, 0.1) is 0 Å². The van der Waals surface area contributed by atoms with Crippen molar-refractivity contribution in [2.75, 3.05) is 18.5 Å². The molecule has 3 heteroatoms. The summed E-state index contributed by atoms with van der Waals surface area (Å²) in [5, 5.41) is 0. The van der Waals surface area contributed by atoms with Gasteiger partial charge in [0.2, 0.25) is 0 Å². The van der Waals surface area contributed by atoms with E-state index in [2.05, 4.69) is 42.9 Å². The molecule has 1 rings (SSSR count). The fraction of sp³-hybridized carbons (Fsp3) is 0.615. The first-order chi connectivity index (χ1) is 7.69. The van der Waals surface area contributed by atoms with Crippen LogP contribution in [0.25, 0.3) is 0 Å². The third kappa shape index (κ3) is 3.49. The van der Waals surface area contributed by atoms with Crippen molar-refractivity contribution >= 4 is 5.82 Å². The molecule has 0 bridgehead atoms. The standard InChI is InChI=1S/C13H23N3/c1-4-5-11(2)16(3)13-7-6-12(8-9-14)10-15-13/h6-7,10-11H,4-5,8-9,14H2,1-3H3. The Labute approximate surface area is 98.7 Å². The van der Waals surface area contributed by atoms with Crippen molar-refractivity contribution < 1.29 is 0 Å². The van der Waals surface area contributed by atoms with Crippen molar-refractivity contribution in [3.05, 3.63) is 23.9 Å². The van der Waals surface area contributed by atoms with Crippen LogP contribution < -0.4 is 10.6 Å². The molecule has 1 atom stereocenters. The number of aromatic nitrogens is 1. The summed E-state index contributed by atoms with van der Waals surface area (Å²) in [5.41, 5.74) is 6.72. The molecule has 0 radical (unpaired) electrons. The van der Waals surface area contributed by atoms with Gasteiger partial charge in [0.25, 0.3) is 0 Å². The number of nitrogens with two attached hydrogens (primary N) is 1. The largest absolute Gasteiger partial charge is 0.357 e. The van der Waals surface area contributed by atoms with Gasteiger partial charge in [0, 0.05) is 19.3 Å². The minimum Gasteiger partial charge on any atom is -0.357 e. The van der Waals surface area contributed by atoms with Crippen molar-refractivity contribution in [3.8, 4) is 0 Å². The summed E-state index contributed by atoms with van der Waals surface area (Å²) in [6.07, 6.45) is 5.23. The maximum Gasteiger partial charge on any atom is 0.128 e. The average molecular weight is 221 g/mol. The molecule has 0 amide bonds. The molecule has 0 aromatic carbocycles. The summed E-state index contributed by atoms with van der Waals surface area (Å²) in [6, 6.07) is 4.74. The van der Waals surface area contributed by atoms with Gasteiger partial charge in [0.1, 0.15) is 5.82 Å². The maximum atomic E-state index is 5.51. The Hall–Kier alpha value is -1.09. The lowest BCUT2D eigenvalue weighted by Gasteiger charge is -2.25. The lowest BCUT2D eigenvalue weighted by Crippen LogP contribution is -2.29. The zero-order valence-corrected chi connectivity index (χ0v) is 10.6. The maximum absolute atomic E-state index is 5.51. The second-order valence-electron chi connectivity index (χ2n) is 4.31. The number of anilines is 1. The van der Waals surface area contributed by atoms with Gasteiger partial charge in [-0.25, -0.2) is 4.98 Å². The van der Waals surface area contributed by atoms with Gasteiger partial charge in [-0.15, -0.1) is 0 Å². The van der Waals surface area contributed by atoms with Crippen molar-refractivity contribution in [1.29, 1.82) is 0 Å². The van der Waals surface area contributed by atoms with Gasteiger partial charge in [-0.1, -0.05) is 19.4 Å². The molecule has 2 N–H and O–H groups in total. The molecule has 3 nitrogen and oxygen atoms in total. The van der Waals surface area contributed by atoms with Gasteiger partial charge < -0.3 is 10.6 Å². The Morgan fingerprint density at radius 3 is 2.69 bits per heavy atom. The molecule has 0 aliphatic carbocycles. The smallest absolute Gasteiger partial charge is 0.128 e. The van der Waals surface area contributed by atoms with E-state index in [1.807, 2.05) is 6.20 Å². The summed E-state index contributed by atoms with van der Waals surface area (Å²) < 4.78 is 0. The highest BCUT2D eigenvalue weighted by Crippen LogP contribution is 2.15. The zero-order chi connectivity index (χ0) is 12.0. The molecule has 1 heterocycles. The van der Waals surface area contributed by atoms with Crippen LogP contribution >= 0.6 is 0 Å². The highest BCUT2D eigenvalue weighted by molar-refractivity contribution is 5.39. The highest BCUT2D eigenvalue weighted by Gasteiger charge is 2.09. The van der Waals surface area contributed by atoms with Gasteiger partial charge in [0.05, 0.1) is 0 Å². The zero-order valence-electron chi connectivity index (χ0n) is 10.6. The van der Waals surface area contributed by atoms with E-state index >= 15 is 0 Å². The molecule has 90 valence electrons. The first-order valence-electron chi connectivity index (χ1n) is 6.06. The minimum atomic E-state index is 0.540. The van der Waals surface area contributed by atoms with Crippen molar-refractivity contribution in [2.45, 2.75) is 39.2 Å². The summed E-state index contributed by atoms with van der Waals surface area (Å²) in [5.74, 6) is 1.04. The molecule has 0 aliphatic heterocycles. The highest BCUT2D eigenvalue weighted by atomic mass is 15.2. The van der Waals surface area contributed by atoms with Crippen molar-refractivity contribution in [3.63, 3.8) is 0 Å². The van der Waals surface area contributed by atoms with Gasteiger partial charge >= 0.3 is 0 Å². The number of nitrogens with zero attached hydrogens (tertiary/aromatic N) is 2. The van der Waals surface area contributed by atoms with E-state index in [-0.39, 0.29) is 0 Å². The molecule has 1 aromatic heterocycles. The number of rotatable bonds is 6. The number of pyridine rings is 1. The Morgan fingerprint density at radius 2 is 2.19 bits per heavy atom. The first-order valence-corrected chi connectivity index (χ1v) is 6.06. The predicted octanol–water partition coefficient (Wildman–Crippen LogP) is 2.21. The first kappa shape index (κ1) is 13.0. The second-order valence-corrected chi connectivity index (χ2v) is 4.31. The van der Waals surface area contributed by atoms with Crippen molar-refractivity contribution in [1.82, 2.24) is 4.98 Å². The van der Waals surface area contributed by atoms with Gasteiger partial charge in [0.15, 0.2) is 0 Å². The SMILES string of the molecule is CCCC(C)N(C)c1ccc(CCN)cn1. The van der Waals surface area contributed by atoms with E-state index in [4.69, 9.17) is 5.73 Å². The Morgan fingerprint density at radius 1 is 1.44 bits per heavy atom. The molecule has 1 aromatic rings. The van der Waals surface area contributed by atoms with Crippen molar-refractivity contribution in [2.24, 2.45) is 5.73 Å². The van der Waals surface area contributed by atoms with E-state index in [0.717, 1.165) is 12.2 Å². The van der Waals surface area contributed by atoms with Crippen LogP contribution in [0.5, 0.6) is 0 Å². The van der Waals surface area contributed by atoms with Crippen LogP contribution in [0.3, 0.4) is 0 Å². The molecule has 0 saturated heterocycles. The summed E-state index contributed by atoms with van der Waals surface area (Å²) in [7, 11) is 2.10. The molecule has 0 fully saturated rings. The Bertz CT molecular complexity index is 295. The Kier molecular flexibility index (Phi) is 5.26. The second kappa shape index (κ2) is 6.48. The molecule has 1 unspecified atom stereocenters. The number of hydrogen-bond acceptors (Lipinski definition) is 3. The lowest BCUT2D eigenvalue weighted by molar-refractivity contribution is 0.611. The fourth-order valence-electron chi connectivity index (χ4n) is 1.78. The van der Waals surface area contributed by atoms with Gasteiger partial charge in [-0.3, -0.25) is 0 Å². The lowest BCUT2D eigenvalue weighted by atomic mass is 10.1. The molecule has 0 saturated carbocycles. The fourth-order valence-corrected chi connectivity index (χ4v) is 1.78. The van der Waals surface area contributed by atoms with E-state index in [0.29, 0.717) is 12.6 Å². The molecule has 16 heavy (non-hydrogen) atoms. The van der Waals surface area contributed by atoms with Gasteiger partial charge in [-0.05, 0) is 37.9 Å². The molecule has 0 aliphatic rings. The molecule has 0 spiro atoms. The average Bonchev–Trinajstić information content (AvgIpc) is 2.30. The van der Waals surface area contributed by atoms with Crippen LogP contribution in [-0.2, 0) is 6.42 Å². The third-order valence-corrected chi connectivity index (χ3v) is 2.97. The van der Waals surface area contributed by atoms with E-state index < -0.39 is 0 Å². The third-order valence-electron chi connectivity index (χ3n) is 2.97. The number of hydrogen-bond donors (Lipinski definition) is 1. The summed E-state index contributed by atoms with van der Waals surface area (Å²) in [6.45, 7) is 5.13. The molecular weight excluding hydrogens is 198 g/mol. The quantitative estimate of drug-likeness (QED) is 0.801. The van der Waals surface area contributed by atoms with E-state index in [1.54, 1.807) is 0 Å². The summed E-state index contributed by atoms with van der Waals surface area (Å²) >= 11 is 0. The van der Waals surface area contributed by atoms with Crippen LogP contribution in [0.2, 0.25) is 0 Å². The van der Waals surface area contributed by atoms with Crippen LogP contribution in [-0.4, -0.2) is 24.6 Å².